The molecule has 0 saturated carbocycles. The first kappa shape index (κ1) is 25.5. The number of hydrogen-bond donors (Lipinski definition) is 1. The van der Waals surface area contributed by atoms with Gasteiger partial charge in [0.1, 0.15) is 17.3 Å². The predicted molar refractivity (Wildman–Crippen MR) is 143 cm³/mol. The Labute approximate surface area is 219 Å². The molecular formula is C29H28BrNO5. The molecule has 0 spiro atoms. The number of aliphatic hydroxyl groups excluding tert-OH is 1. The molecule has 1 aliphatic heterocycles. The second-order valence-electron chi connectivity index (χ2n) is 8.80. The van der Waals surface area contributed by atoms with Crippen LogP contribution in [0.4, 0.5) is 5.69 Å². The number of rotatable bonds is 7. The molecule has 1 fully saturated rings. The van der Waals surface area contributed by atoms with E-state index < -0.39 is 17.7 Å². The number of ketones is 1. The van der Waals surface area contributed by atoms with Crippen LogP contribution in [0.25, 0.3) is 5.76 Å². The van der Waals surface area contributed by atoms with Crippen LogP contribution < -0.4 is 14.4 Å². The Morgan fingerprint density at radius 3 is 2.22 bits per heavy atom. The highest BCUT2D eigenvalue weighted by molar-refractivity contribution is 9.10. The predicted octanol–water partition coefficient (Wildman–Crippen LogP) is 6.57. The van der Waals surface area contributed by atoms with Gasteiger partial charge in [0.15, 0.2) is 0 Å². The zero-order valence-corrected chi connectivity index (χ0v) is 22.2. The lowest BCUT2D eigenvalue weighted by Gasteiger charge is -2.26. The third-order valence-electron chi connectivity index (χ3n) is 5.87. The second kappa shape index (κ2) is 10.6. The summed E-state index contributed by atoms with van der Waals surface area (Å²) in [4.78, 5) is 28.1. The SMILES string of the molecule is CCOc1ccc(N2C(=O)C(=O)/C(=C(\O)c3ccc(Br)c(C)c3)C2c2ccc(OC(C)C)cc2)cc1. The van der Waals surface area contributed by atoms with Crippen molar-refractivity contribution in [2.75, 3.05) is 11.5 Å². The molecule has 1 saturated heterocycles. The van der Waals surface area contributed by atoms with Gasteiger partial charge >= 0.3 is 0 Å². The maximum Gasteiger partial charge on any atom is 0.300 e. The normalized spacial score (nSPS) is 17.1. The lowest BCUT2D eigenvalue weighted by molar-refractivity contribution is -0.132. The largest absolute Gasteiger partial charge is 0.507 e. The lowest BCUT2D eigenvalue weighted by atomic mass is 9.94. The van der Waals surface area contributed by atoms with Gasteiger partial charge in [0, 0.05) is 15.7 Å². The molecule has 0 aliphatic carbocycles. The number of nitrogens with zero attached hydrogens (tertiary/aromatic N) is 1. The number of ether oxygens (including phenoxy) is 2. The van der Waals surface area contributed by atoms with E-state index in [-0.39, 0.29) is 17.4 Å². The van der Waals surface area contributed by atoms with Crippen molar-refractivity contribution in [1.82, 2.24) is 0 Å². The number of amides is 1. The van der Waals surface area contributed by atoms with E-state index >= 15 is 0 Å². The van der Waals surface area contributed by atoms with Crippen molar-refractivity contribution in [2.45, 2.75) is 39.8 Å². The Balaban J connectivity index is 1.87. The van der Waals surface area contributed by atoms with E-state index in [4.69, 9.17) is 9.47 Å². The minimum Gasteiger partial charge on any atom is -0.507 e. The number of carbonyl (C=O) groups is 2. The van der Waals surface area contributed by atoms with Crippen LogP contribution in [0.3, 0.4) is 0 Å². The molecule has 186 valence electrons. The van der Waals surface area contributed by atoms with Crippen LogP contribution in [0.1, 0.15) is 43.5 Å². The van der Waals surface area contributed by atoms with E-state index in [1.165, 1.54) is 4.90 Å². The maximum atomic E-state index is 13.4. The molecule has 0 bridgehead atoms. The Hall–Kier alpha value is -3.58. The monoisotopic (exact) mass is 549 g/mol. The van der Waals surface area contributed by atoms with Crippen LogP contribution in [0.5, 0.6) is 11.5 Å². The fourth-order valence-electron chi connectivity index (χ4n) is 4.23. The Morgan fingerprint density at radius 2 is 1.64 bits per heavy atom. The molecule has 3 aromatic carbocycles. The zero-order valence-electron chi connectivity index (χ0n) is 20.6. The molecule has 4 rings (SSSR count). The highest BCUT2D eigenvalue weighted by Gasteiger charge is 2.47. The third-order valence-corrected chi connectivity index (χ3v) is 6.76. The molecule has 1 heterocycles. The molecule has 36 heavy (non-hydrogen) atoms. The summed E-state index contributed by atoms with van der Waals surface area (Å²) >= 11 is 3.46. The van der Waals surface area contributed by atoms with Crippen molar-refractivity contribution in [2.24, 2.45) is 0 Å². The number of hydrogen-bond acceptors (Lipinski definition) is 5. The van der Waals surface area contributed by atoms with E-state index in [1.54, 1.807) is 54.6 Å². The van der Waals surface area contributed by atoms with Gasteiger partial charge in [-0.05, 0) is 87.4 Å². The summed E-state index contributed by atoms with van der Waals surface area (Å²) in [5, 5.41) is 11.3. The summed E-state index contributed by atoms with van der Waals surface area (Å²) in [5.41, 5.74) is 2.60. The summed E-state index contributed by atoms with van der Waals surface area (Å²) in [7, 11) is 0. The molecule has 7 heteroatoms. The first-order valence-corrected chi connectivity index (χ1v) is 12.6. The van der Waals surface area contributed by atoms with Crippen LogP contribution in [-0.2, 0) is 9.59 Å². The van der Waals surface area contributed by atoms with Gasteiger partial charge in [0.05, 0.1) is 24.3 Å². The van der Waals surface area contributed by atoms with Crippen LogP contribution in [0.15, 0.2) is 76.8 Å². The number of halogens is 1. The summed E-state index contributed by atoms with van der Waals surface area (Å²) < 4.78 is 12.2. The molecule has 1 amide bonds. The molecule has 0 radical (unpaired) electrons. The van der Waals surface area contributed by atoms with E-state index in [9.17, 15) is 14.7 Å². The van der Waals surface area contributed by atoms with Gasteiger partial charge in [-0.3, -0.25) is 14.5 Å². The number of benzene rings is 3. The van der Waals surface area contributed by atoms with Crippen LogP contribution >= 0.6 is 15.9 Å². The van der Waals surface area contributed by atoms with Crippen LogP contribution in [0, 0.1) is 6.92 Å². The van der Waals surface area contributed by atoms with Gasteiger partial charge in [-0.1, -0.05) is 34.1 Å². The van der Waals surface area contributed by atoms with E-state index in [0.29, 0.717) is 34.9 Å². The molecule has 1 unspecified atom stereocenters. The smallest absolute Gasteiger partial charge is 0.300 e. The third kappa shape index (κ3) is 5.02. The fraction of sp³-hybridized carbons (Fsp3) is 0.241. The van der Waals surface area contributed by atoms with E-state index in [0.717, 1.165) is 10.0 Å². The Morgan fingerprint density at radius 1 is 1.00 bits per heavy atom. The van der Waals surface area contributed by atoms with Crippen molar-refractivity contribution in [3.05, 3.63) is 93.5 Å². The summed E-state index contributed by atoms with van der Waals surface area (Å²) in [5.74, 6) is -0.327. The summed E-state index contributed by atoms with van der Waals surface area (Å²) in [6.45, 7) is 8.18. The average molecular weight is 550 g/mol. The number of aliphatic hydroxyl groups is 1. The lowest BCUT2D eigenvalue weighted by Crippen LogP contribution is -2.29. The van der Waals surface area contributed by atoms with Crippen molar-refractivity contribution in [1.29, 1.82) is 0 Å². The second-order valence-corrected chi connectivity index (χ2v) is 9.65. The molecule has 1 N–H and O–H groups in total. The first-order chi connectivity index (χ1) is 17.2. The molecule has 6 nitrogen and oxygen atoms in total. The van der Waals surface area contributed by atoms with Crippen LogP contribution in [-0.4, -0.2) is 29.5 Å². The van der Waals surface area contributed by atoms with Gasteiger partial charge < -0.3 is 14.6 Å². The van der Waals surface area contributed by atoms with Gasteiger partial charge in [0.2, 0.25) is 0 Å². The van der Waals surface area contributed by atoms with E-state index in [2.05, 4.69) is 15.9 Å². The van der Waals surface area contributed by atoms with Gasteiger partial charge in [-0.2, -0.15) is 0 Å². The summed E-state index contributed by atoms with van der Waals surface area (Å²) in [6.07, 6.45) is 0.00554. The van der Waals surface area contributed by atoms with Crippen molar-refractivity contribution < 1.29 is 24.2 Å². The van der Waals surface area contributed by atoms with Crippen LogP contribution in [0.2, 0.25) is 0 Å². The first-order valence-electron chi connectivity index (χ1n) is 11.8. The molecule has 0 aromatic heterocycles. The fourth-order valence-corrected chi connectivity index (χ4v) is 4.48. The molecular weight excluding hydrogens is 522 g/mol. The van der Waals surface area contributed by atoms with Gasteiger partial charge in [-0.15, -0.1) is 0 Å². The Kier molecular flexibility index (Phi) is 7.50. The van der Waals surface area contributed by atoms with E-state index in [1.807, 2.05) is 39.8 Å². The van der Waals surface area contributed by atoms with Gasteiger partial charge in [-0.25, -0.2) is 0 Å². The minimum absolute atomic E-state index is 0.00554. The highest BCUT2D eigenvalue weighted by Crippen LogP contribution is 2.43. The van der Waals surface area contributed by atoms with Gasteiger partial charge in [0.25, 0.3) is 11.7 Å². The number of aryl methyl sites for hydroxylation is 1. The van der Waals surface area contributed by atoms with Crippen molar-refractivity contribution >= 4 is 39.1 Å². The topological polar surface area (TPSA) is 76.1 Å². The molecule has 3 aromatic rings. The Bertz CT molecular complexity index is 1310. The quantitative estimate of drug-likeness (QED) is 0.205. The minimum atomic E-state index is -0.819. The zero-order chi connectivity index (χ0) is 26.0. The molecule has 1 atom stereocenters. The summed E-state index contributed by atoms with van der Waals surface area (Å²) in [6, 6.07) is 18.7. The number of Topliss-reactive ketones (excluding diaryl/α,β-unsaturated/α-hetero) is 1. The highest BCUT2D eigenvalue weighted by atomic mass is 79.9. The van der Waals surface area contributed by atoms with Crippen molar-refractivity contribution in [3.63, 3.8) is 0 Å². The van der Waals surface area contributed by atoms with Crippen molar-refractivity contribution in [3.8, 4) is 11.5 Å². The molecule has 1 aliphatic rings. The number of anilines is 1. The average Bonchev–Trinajstić information content (AvgIpc) is 3.11. The maximum absolute atomic E-state index is 13.4. The standard InChI is InChI=1S/C29H28BrNO5/c1-5-35-22-13-9-21(10-14-22)31-26(19-6-11-23(12-7-19)36-17(2)3)25(28(33)29(31)34)27(32)20-8-15-24(30)18(4)16-20/h6-17,26,32H,5H2,1-4H3/b27-25-. The number of carbonyl (C=O) groups excluding carboxylic acids is 2.